The molecule has 0 spiro atoms. The Morgan fingerprint density at radius 3 is 1.54 bits per heavy atom. The SMILES string of the molecule is CCCCCCCCCCC/C=C\C/C=C\CCCCCCCCCCCC(=O)NC(COC1OC(CO)C(OC2OC(CO)C(O)C(OC3(C(=O)O)CC(O)C(NC(C)=O)C(C(O)C(O)CO)O3)C2O)C(O)C1O)C(O)CCCCCCCCCCCCCC. The van der Waals surface area contributed by atoms with Gasteiger partial charge in [-0.15, -0.1) is 0 Å². The number of carboxylic acids is 1. The molecule has 0 radical (unpaired) electrons. The number of carbonyl (C=O) groups excluding carboxylic acids is 2. The van der Waals surface area contributed by atoms with Crippen LogP contribution < -0.4 is 10.6 Å². The van der Waals surface area contributed by atoms with Gasteiger partial charge in [0.15, 0.2) is 12.6 Å². The van der Waals surface area contributed by atoms with Crippen molar-refractivity contribution in [2.75, 3.05) is 26.4 Å². The zero-order chi connectivity index (χ0) is 66.8. The minimum Gasteiger partial charge on any atom is -0.477 e. The minimum atomic E-state index is -3.08. The van der Waals surface area contributed by atoms with E-state index in [1.54, 1.807) is 0 Å². The van der Waals surface area contributed by atoms with Gasteiger partial charge in [-0.2, -0.15) is 0 Å². The van der Waals surface area contributed by atoms with E-state index in [1.807, 2.05) is 0 Å². The number of aliphatic carboxylic acids is 1. The van der Waals surface area contributed by atoms with Crippen LogP contribution in [0.4, 0.5) is 0 Å². The van der Waals surface area contributed by atoms with Crippen molar-refractivity contribution in [1.82, 2.24) is 10.6 Å². The fourth-order valence-corrected chi connectivity index (χ4v) is 12.3. The first-order chi connectivity index (χ1) is 43.9. The minimum absolute atomic E-state index is 0.218. The molecule has 0 aromatic rings. The molecule has 18 atom stereocenters. The van der Waals surface area contributed by atoms with Crippen LogP contribution in [0.1, 0.15) is 252 Å². The molecule has 0 aromatic carbocycles. The summed E-state index contributed by atoms with van der Waals surface area (Å²) in [4.78, 5) is 38.5. The van der Waals surface area contributed by atoms with E-state index in [0.717, 1.165) is 71.1 Å². The number of rotatable bonds is 53. The summed E-state index contributed by atoms with van der Waals surface area (Å²) >= 11 is 0. The predicted molar refractivity (Wildman–Crippen MR) is 343 cm³/mol. The van der Waals surface area contributed by atoms with Gasteiger partial charge in [0, 0.05) is 19.8 Å². The van der Waals surface area contributed by atoms with Gasteiger partial charge in [0.1, 0.15) is 67.1 Å². The summed E-state index contributed by atoms with van der Waals surface area (Å²) in [6, 6.07) is -2.53. The van der Waals surface area contributed by atoms with Crippen molar-refractivity contribution < 1.29 is 104 Å². The number of nitrogens with one attached hydrogen (secondary N) is 2. The quantitative estimate of drug-likeness (QED) is 0.0230. The highest BCUT2D eigenvalue weighted by Crippen LogP contribution is 2.39. The highest BCUT2D eigenvalue weighted by molar-refractivity contribution is 5.77. The summed E-state index contributed by atoms with van der Waals surface area (Å²) in [6.07, 6.45) is 19.1. The van der Waals surface area contributed by atoms with Crippen LogP contribution in [0.15, 0.2) is 24.3 Å². The monoisotopic (exact) mass is 1300 g/mol. The Morgan fingerprint density at radius 2 is 1.05 bits per heavy atom. The maximum Gasteiger partial charge on any atom is 0.364 e. The standard InChI is InChI=1S/C68H124N2O21/c1-4-6-8-10-12-14-16-18-19-20-21-22-23-24-25-26-27-28-29-30-32-34-36-38-40-42-55(78)70-49(50(75)41-39-37-35-33-31-17-15-13-11-9-7-5-2)47-86-65-60(82)59(81)62(54(46-73)88-65)89-66-61(83)64(58(80)53(45-72)87-66)91-68(67(84)85)43-51(76)56(69-48(3)74)63(90-68)57(79)52(77)44-71/h21-22,24-25,49-54,56-66,71-73,75-77,79-83H,4-20,23,26-47H2,1-3H3,(H,69,74)(H,70,78)(H,84,85)/b22-21-,25-24-. The fourth-order valence-electron chi connectivity index (χ4n) is 12.3. The molecule has 3 rings (SSSR count). The molecule has 532 valence electrons. The number of allylic oxidation sites excluding steroid dienone is 4. The van der Waals surface area contributed by atoms with Crippen molar-refractivity contribution in [2.24, 2.45) is 0 Å². The zero-order valence-electron chi connectivity index (χ0n) is 55.4. The third kappa shape index (κ3) is 31.3. The molecule has 3 aliphatic heterocycles. The first-order valence-electron chi connectivity index (χ1n) is 35.2. The van der Waals surface area contributed by atoms with Crippen LogP contribution in [0.2, 0.25) is 0 Å². The molecular weight excluding hydrogens is 1180 g/mol. The Morgan fingerprint density at radius 1 is 0.571 bits per heavy atom. The lowest BCUT2D eigenvalue weighted by atomic mass is 9.88. The summed E-state index contributed by atoms with van der Waals surface area (Å²) in [5.41, 5.74) is 0. The lowest BCUT2D eigenvalue weighted by Gasteiger charge is -2.50. The molecule has 18 unspecified atom stereocenters. The maximum atomic E-state index is 13.5. The van der Waals surface area contributed by atoms with Crippen LogP contribution in [-0.4, -0.2) is 215 Å². The van der Waals surface area contributed by atoms with Gasteiger partial charge in [0.05, 0.1) is 50.7 Å². The molecule has 0 aliphatic carbocycles. The molecular formula is C68H124N2O21. The third-order valence-corrected chi connectivity index (χ3v) is 17.9. The van der Waals surface area contributed by atoms with E-state index in [-0.39, 0.29) is 18.9 Å². The number of aliphatic hydroxyl groups is 11. The highest BCUT2D eigenvalue weighted by atomic mass is 16.8. The van der Waals surface area contributed by atoms with Crippen molar-refractivity contribution in [3.63, 3.8) is 0 Å². The predicted octanol–water partition coefficient (Wildman–Crippen LogP) is 6.45. The average molecular weight is 1310 g/mol. The molecule has 14 N–H and O–H groups in total. The number of unbranched alkanes of at least 4 members (excludes halogenated alkanes) is 29. The summed E-state index contributed by atoms with van der Waals surface area (Å²) < 4.78 is 34.8. The van der Waals surface area contributed by atoms with Crippen molar-refractivity contribution in [3.8, 4) is 0 Å². The molecule has 3 fully saturated rings. The van der Waals surface area contributed by atoms with Gasteiger partial charge in [-0.25, -0.2) is 4.79 Å². The van der Waals surface area contributed by atoms with Crippen molar-refractivity contribution >= 4 is 17.8 Å². The van der Waals surface area contributed by atoms with E-state index in [0.29, 0.717) is 19.3 Å². The summed E-state index contributed by atoms with van der Waals surface area (Å²) in [5, 5.41) is 136. The van der Waals surface area contributed by atoms with Gasteiger partial charge in [-0.1, -0.05) is 212 Å². The molecule has 3 heterocycles. The average Bonchev–Trinajstić information content (AvgIpc) is 0.780. The first-order valence-corrected chi connectivity index (χ1v) is 35.2. The molecule has 0 saturated carbocycles. The van der Waals surface area contributed by atoms with Gasteiger partial charge in [-0.05, 0) is 44.9 Å². The number of carboxylic acid groups (broad SMARTS) is 1. The Labute approximate surface area is 543 Å². The summed E-state index contributed by atoms with van der Waals surface area (Å²) in [5.74, 6) is -6.11. The number of carbonyl (C=O) groups is 3. The van der Waals surface area contributed by atoms with Crippen molar-refractivity contribution in [3.05, 3.63) is 24.3 Å². The van der Waals surface area contributed by atoms with E-state index in [9.17, 15) is 75.7 Å². The van der Waals surface area contributed by atoms with Gasteiger partial charge < -0.3 is 100 Å². The largest absolute Gasteiger partial charge is 0.477 e. The van der Waals surface area contributed by atoms with E-state index < -0.39 is 148 Å². The van der Waals surface area contributed by atoms with E-state index in [4.69, 9.17) is 28.4 Å². The Balaban J connectivity index is 1.55. The molecule has 0 aromatic heterocycles. The Bertz CT molecular complexity index is 1940. The second-order valence-corrected chi connectivity index (χ2v) is 25.7. The molecule has 0 bridgehead atoms. The van der Waals surface area contributed by atoms with Crippen LogP contribution in [0.5, 0.6) is 0 Å². The van der Waals surface area contributed by atoms with Crippen LogP contribution in [0.25, 0.3) is 0 Å². The molecule has 3 saturated heterocycles. The van der Waals surface area contributed by atoms with E-state index in [1.165, 1.54) is 135 Å². The number of aliphatic hydroxyl groups excluding tert-OH is 11. The van der Waals surface area contributed by atoms with E-state index in [2.05, 4.69) is 48.8 Å². The topological polar surface area (TPSA) is 373 Å². The lowest BCUT2D eigenvalue weighted by molar-refractivity contribution is -0.386. The van der Waals surface area contributed by atoms with Gasteiger partial charge in [-0.3, -0.25) is 9.59 Å². The summed E-state index contributed by atoms with van der Waals surface area (Å²) in [7, 11) is 0. The van der Waals surface area contributed by atoms with Gasteiger partial charge in [0.2, 0.25) is 11.8 Å². The van der Waals surface area contributed by atoms with Crippen LogP contribution in [0, 0.1) is 0 Å². The summed E-state index contributed by atoms with van der Waals surface area (Å²) in [6.45, 7) is 2.19. The molecule has 2 amide bonds. The molecule has 3 aliphatic rings. The van der Waals surface area contributed by atoms with Crippen LogP contribution in [-0.2, 0) is 42.8 Å². The Hall–Kier alpha value is -2.79. The molecule has 23 heteroatoms. The highest BCUT2D eigenvalue weighted by Gasteiger charge is 2.60. The number of ether oxygens (including phenoxy) is 6. The third-order valence-electron chi connectivity index (χ3n) is 17.9. The number of amides is 2. The van der Waals surface area contributed by atoms with E-state index >= 15 is 0 Å². The van der Waals surface area contributed by atoms with Crippen LogP contribution >= 0.6 is 0 Å². The van der Waals surface area contributed by atoms with Crippen molar-refractivity contribution in [1.29, 1.82) is 0 Å². The van der Waals surface area contributed by atoms with Crippen molar-refractivity contribution in [2.45, 2.75) is 362 Å². The first kappa shape index (κ1) is 82.4. The lowest BCUT2D eigenvalue weighted by Crippen LogP contribution is -2.70. The van der Waals surface area contributed by atoms with Gasteiger partial charge in [0.25, 0.3) is 5.79 Å². The number of hydrogen-bond donors (Lipinski definition) is 14. The second kappa shape index (κ2) is 48.8. The van der Waals surface area contributed by atoms with Crippen LogP contribution in [0.3, 0.4) is 0 Å². The fraction of sp³-hybridized carbons (Fsp3) is 0.897. The second-order valence-electron chi connectivity index (χ2n) is 25.7. The zero-order valence-corrected chi connectivity index (χ0v) is 55.4. The molecule has 91 heavy (non-hydrogen) atoms. The maximum absolute atomic E-state index is 13.5. The molecule has 23 nitrogen and oxygen atoms in total. The Kier molecular flexibility index (Phi) is 44.2. The smallest absolute Gasteiger partial charge is 0.364 e. The normalized spacial score (nSPS) is 28.5. The van der Waals surface area contributed by atoms with Gasteiger partial charge >= 0.3 is 5.97 Å². The number of hydrogen-bond acceptors (Lipinski definition) is 20.